The number of nitrogens with one attached hydrogen (secondary N) is 1. The minimum Gasteiger partial charge on any atom is -0.374 e. The fraction of sp³-hybridized carbons (Fsp3) is 1.00. The summed E-state index contributed by atoms with van der Waals surface area (Å²) in [6.07, 6.45) is 5.79. The SMILES string of the molecule is CCC1(CC)CNC(C(C)(C)C)CN1CC1CCC(C)O1. The third kappa shape index (κ3) is 3.80. The first-order chi connectivity index (χ1) is 9.80. The summed E-state index contributed by atoms with van der Waals surface area (Å²) in [5.74, 6) is 0. The van der Waals surface area contributed by atoms with E-state index in [0.717, 1.165) is 19.6 Å². The highest BCUT2D eigenvalue weighted by Crippen LogP contribution is 2.33. The molecule has 0 aromatic rings. The average molecular weight is 296 g/mol. The lowest BCUT2D eigenvalue weighted by Crippen LogP contribution is -2.67. The van der Waals surface area contributed by atoms with Gasteiger partial charge in [-0.05, 0) is 38.0 Å². The summed E-state index contributed by atoms with van der Waals surface area (Å²) in [6.45, 7) is 17.3. The van der Waals surface area contributed by atoms with Crippen molar-refractivity contribution in [2.75, 3.05) is 19.6 Å². The van der Waals surface area contributed by atoms with Gasteiger partial charge in [-0.1, -0.05) is 34.6 Å². The second-order valence-corrected chi connectivity index (χ2v) is 8.28. The Balaban J connectivity index is 2.09. The van der Waals surface area contributed by atoms with Gasteiger partial charge in [0.1, 0.15) is 0 Å². The van der Waals surface area contributed by atoms with E-state index in [9.17, 15) is 0 Å². The van der Waals surface area contributed by atoms with E-state index in [2.05, 4.69) is 51.8 Å². The topological polar surface area (TPSA) is 24.5 Å². The predicted molar refractivity (Wildman–Crippen MR) is 89.7 cm³/mol. The number of rotatable bonds is 4. The van der Waals surface area contributed by atoms with Crippen LogP contribution in [-0.2, 0) is 4.74 Å². The molecule has 2 fully saturated rings. The summed E-state index contributed by atoms with van der Waals surface area (Å²) in [5.41, 5.74) is 0.632. The summed E-state index contributed by atoms with van der Waals surface area (Å²) in [5, 5.41) is 3.83. The van der Waals surface area contributed by atoms with Crippen molar-refractivity contribution in [1.29, 1.82) is 0 Å². The maximum Gasteiger partial charge on any atom is 0.0706 e. The molecule has 0 spiro atoms. The molecule has 3 nitrogen and oxygen atoms in total. The first-order valence-electron chi connectivity index (χ1n) is 8.94. The molecule has 0 aromatic heterocycles. The molecule has 3 unspecified atom stereocenters. The fourth-order valence-corrected chi connectivity index (χ4v) is 3.96. The molecule has 2 aliphatic heterocycles. The van der Waals surface area contributed by atoms with Crippen molar-refractivity contribution < 1.29 is 4.74 Å². The summed E-state index contributed by atoms with van der Waals surface area (Å²) >= 11 is 0. The first kappa shape index (κ1) is 17.2. The van der Waals surface area contributed by atoms with E-state index in [0.29, 0.717) is 29.2 Å². The van der Waals surface area contributed by atoms with Gasteiger partial charge in [-0.15, -0.1) is 0 Å². The van der Waals surface area contributed by atoms with Gasteiger partial charge in [0, 0.05) is 31.2 Å². The minimum atomic E-state index is 0.315. The van der Waals surface area contributed by atoms with Crippen LogP contribution < -0.4 is 5.32 Å². The second kappa shape index (κ2) is 6.55. The Hall–Kier alpha value is -0.120. The van der Waals surface area contributed by atoms with Crippen molar-refractivity contribution in [3.05, 3.63) is 0 Å². The summed E-state index contributed by atoms with van der Waals surface area (Å²) in [6, 6.07) is 0.572. The number of hydrogen-bond acceptors (Lipinski definition) is 3. The van der Waals surface area contributed by atoms with Gasteiger partial charge in [0.2, 0.25) is 0 Å². The second-order valence-electron chi connectivity index (χ2n) is 8.28. The lowest BCUT2D eigenvalue weighted by atomic mass is 9.80. The number of nitrogens with zero attached hydrogens (tertiary/aromatic N) is 1. The van der Waals surface area contributed by atoms with Crippen LogP contribution in [0.3, 0.4) is 0 Å². The van der Waals surface area contributed by atoms with E-state index >= 15 is 0 Å². The number of piperazine rings is 1. The molecular weight excluding hydrogens is 260 g/mol. The first-order valence-corrected chi connectivity index (χ1v) is 8.94. The molecule has 2 saturated heterocycles. The highest BCUT2D eigenvalue weighted by atomic mass is 16.5. The van der Waals surface area contributed by atoms with E-state index in [-0.39, 0.29) is 0 Å². The van der Waals surface area contributed by atoms with Crippen molar-refractivity contribution in [2.45, 2.75) is 91.0 Å². The Morgan fingerprint density at radius 3 is 2.33 bits per heavy atom. The van der Waals surface area contributed by atoms with E-state index in [1.807, 2.05) is 0 Å². The Kier molecular flexibility index (Phi) is 5.38. The van der Waals surface area contributed by atoms with Crippen LogP contribution in [0, 0.1) is 5.41 Å². The fourth-order valence-electron chi connectivity index (χ4n) is 3.96. The van der Waals surface area contributed by atoms with Gasteiger partial charge in [0.15, 0.2) is 0 Å². The Bertz CT molecular complexity index is 333. The van der Waals surface area contributed by atoms with Crippen LogP contribution in [0.2, 0.25) is 0 Å². The van der Waals surface area contributed by atoms with Gasteiger partial charge in [-0.3, -0.25) is 4.90 Å². The Morgan fingerprint density at radius 2 is 1.86 bits per heavy atom. The number of ether oxygens (including phenoxy) is 1. The highest BCUT2D eigenvalue weighted by molar-refractivity contribution is 5.01. The van der Waals surface area contributed by atoms with Gasteiger partial charge < -0.3 is 10.1 Å². The summed E-state index contributed by atoms with van der Waals surface area (Å²) in [7, 11) is 0. The quantitative estimate of drug-likeness (QED) is 0.860. The van der Waals surface area contributed by atoms with Crippen LogP contribution in [0.5, 0.6) is 0 Å². The summed E-state index contributed by atoms with van der Waals surface area (Å²) in [4.78, 5) is 2.75. The van der Waals surface area contributed by atoms with Gasteiger partial charge >= 0.3 is 0 Å². The normalized spacial score (nSPS) is 34.3. The molecule has 0 saturated carbocycles. The Morgan fingerprint density at radius 1 is 1.19 bits per heavy atom. The highest BCUT2D eigenvalue weighted by Gasteiger charge is 2.43. The largest absolute Gasteiger partial charge is 0.374 e. The summed E-state index contributed by atoms with van der Waals surface area (Å²) < 4.78 is 6.11. The molecule has 1 N–H and O–H groups in total. The van der Waals surface area contributed by atoms with E-state index in [1.54, 1.807) is 0 Å². The van der Waals surface area contributed by atoms with Gasteiger partial charge in [-0.2, -0.15) is 0 Å². The molecule has 124 valence electrons. The lowest BCUT2D eigenvalue weighted by molar-refractivity contribution is -0.0380. The zero-order valence-corrected chi connectivity index (χ0v) is 15.0. The third-order valence-corrected chi connectivity index (χ3v) is 5.86. The van der Waals surface area contributed by atoms with Crippen molar-refractivity contribution in [1.82, 2.24) is 10.2 Å². The zero-order valence-electron chi connectivity index (χ0n) is 15.0. The molecular formula is C18H36N2O. The van der Waals surface area contributed by atoms with Crippen LogP contribution in [-0.4, -0.2) is 48.3 Å². The van der Waals surface area contributed by atoms with Gasteiger partial charge in [-0.25, -0.2) is 0 Å². The van der Waals surface area contributed by atoms with Crippen LogP contribution in [0.15, 0.2) is 0 Å². The van der Waals surface area contributed by atoms with Crippen LogP contribution in [0.25, 0.3) is 0 Å². The maximum atomic E-state index is 6.11. The van der Waals surface area contributed by atoms with Crippen molar-refractivity contribution in [3.63, 3.8) is 0 Å². The minimum absolute atomic E-state index is 0.315. The van der Waals surface area contributed by atoms with E-state index < -0.39 is 0 Å². The van der Waals surface area contributed by atoms with E-state index in [1.165, 1.54) is 25.7 Å². The van der Waals surface area contributed by atoms with Crippen molar-refractivity contribution >= 4 is 0 Å². The lowest BCUT2D eigenvalue weighted by Gasteiger charge is -2.53. The monoisotopic (exact) mass is 296 g/mol. The maximum absolute atomic E-state index is 6.11. The molecule has 2 heterocycles. The molecule has 0 bridgehead atoms. The zero-order chi connectivity index (χ0) is 15.7. The molecule has 0 aromatic carbocycles. The molecule has 3 heteroatoms. The smallest absolute Gasteiger partial charge is 0.0706 e. The third-order valence-electron chi connectivity index (χ3n) is 5.86. The van der Waals surface area contributed by atoms with E-state index in [4.69, 9.17) is 4.74 Å². The molecule has 0 amide bonds. The predicted octanol–water partition coefficient (Wildman–Crippen LogP) is 3.43. The average Bonchev–Trinajstić information content (AvgIpc) is 2.83. The molecule has 0 radical (unpaired) electrons. The van der Waals surface area contributed by atoms with Gasteiger partial charge in [0.05, 0.1) is 12.2 Å². The number of hydrogen-bond donors (Lipinski definition) is 1. The standard InChI is InChI=1S/C18H36N2O/c1-7-18(8-2)13-19-16(17(4,5)6)12-20(18)11-15-10-9-14(3)21-15/h14-16,19H,7-13H2,1-6H3. The van der Waals surface area contributed by atoms with Crippen molar-refractivity contribution in [3.8, 4) is 0 Å². The van der Waals surface area contributed by atoms with Crippen LogP contribution >= 0.6 is 0 Å². The van der Waals surface area contributed by atoms with Gasteiger partial charge in [0.25, 0.3) is 0 Å². The molecule has 0 aliphatic carbocycles. The molecule has 3 atom stereocenters. The van der Waals surface area contributed by atoms with Crippen molar-refractivity contribution in [2.24, 2.45) is 5.41 Å². The van der Waals surface area contributed by atoms with Crippen LogP contribution in [0.1, 0.15) is 67.2 Å². The van der Waals surface area contributed by atoms with Crippen LogP contribution in [0.4, 0.5) is 0 Å². The molecule has 21 heavy (non-hydrogen) atoms. The Labute approximate surface area is 131 Å². The molecule has 2 rings (SSSR count). The molecule has 2 aliphatic rings.